The van der Waals surface area contributed by atoms with Gasteiger partial charge in [0.1, 0.15) is 0 Å². The molecule has 132 valence electrons. The number of pyridine rings is 1. The van der Waals surface area contributed by atoms with Crippen molar-refractivity contribution in [2.45, 2.75) is 38.3 Å². The molecule has 1 saturated carbocycles. The van der Waals surface area contributed by atoms with Gasteiger partial charge in [-0.15, -0.1) is 0 Å². The Morgan fingerprint density at radius 1 is 1.08 bits per heavy atom. The van der Waals surface area contributed by atoms with Crippen molar-refractivity contribution < 1.29 is 14.3 Å². The van der Waals surface area contributed by atoms with Gasteiger partial charge < -0.3 is 14.4 Å². The lowest BCUT2D eigenvalue weighted by molar-refractivity contribution is -0.132. The SMILES string of the molecule is COc1ccc(CCC(=O)N(Cc2ccncc2)C2CC2)cc1OC. The van der Waals surface area contributed by atoms with Gasteiger partial charge in [-0.1, -0.05) is 6.07 Å². The summed E-state index contributed by atoms with van der Waals surface area (Å²) in [6.45, 7) is 0.665. The predicted octanol–water partition coefficient (Wildman–Crippen LogP) is 3.22. The first-order chi connectivity index (χ1) is 12.2. The van der Waals surface area contributed by atoms with E-state index < -0.39 is 0 Å². The fraction of sp³-hybridized carbons (Fsp3) is 0.400. The molecule has 1 heterocycles. The van der Waals surface area contributed by atoms with Crippen LogP contribution in [0.3, 0.4) is 0 Å². The van der Waals surface area contributed by atoms with Crippen LogP contribution in [0.2, 0.25) is 0 Å². The molecule has 0 bridgehead atoms. The largest absolute Gasteiger partial charge is 0.493 e. The number of methoxy groups -OCH3 is 2. The Balaban J connectivity index is 1.62. The number of aryl methyl sites for hydroxylation is 1. The highest BCUT2D eigenvalue weighted by Gasteiger charge is 2.32. The van der Waals surface area contributed by atoms with Gasteiger partial charge in [0.15, 0.2) is 11.5 Å². The van der Waals surface area contributed by atoms with E-state index in [2.05, 4.69) is 4.98 Å². The van der Waals surface area contributed by atoms with Gasteiger partial charge in [0.25, 0.3) is 0 Å². The van der Waals surface area contributed by atoms with Crippen molar-refractivity contribution in [3.63, 3.8) is 0 Å². The minimum Gasteiger partial charge on any atom is -0.493 e. The van der Waals surface area contributed by atoms with Crippen LogP contribution < -0.4 is 9.47 Å². The van der Waals surface area contributed by atoms with Crippen molar-refractivity contribution in [1.82, 2.24) is 9.88 Å². The van der Waals surface area contributed by atoms with E-state index >= 15 is 0 Å². The third-order valence-electron chi connectivity index (χ3n) is 4.49. The van der Waals surface area contributed by atoms with Gasteiger partial charge in [-0.05, 0) is 54.7 Å². The number of carbonyl (C=O) groups excluding carboxylic acids is 1. The van der Waals surface area contributed by atoms with Gasteiger partial charge in [-0.2, -0.15) is 0 Å². The van der Waals surface area contributed by atoms with Crippen molar-refractivity contribution in [1.29, 1.82) is 0 Å². The van der Waals surface area contributed by atoms with Gasteiger partial charge in [0, 0.05) is 31.4 Å². The van der Waals surface area contributed by atoms with Crippen LogP contribution in [0.1, 0.15) is 30.4 Å². The lowest BCUT2D eigenvalue weighted by atomic mass is 10.1. The van der Waals surface area contributed by atoms with Crippen LogP contribution in [0.25, 0.3) is 0 Å². The first kappa shape index (κ1) is 17.3. The molecular formula is C20H24N2O3. The van der Waals surface area contributed by atoms with Crippen molar-refractivity contribution in [3.8, 4) is 11.5 Å². The highest BCUT2D eigenvalue weighted by atomic mass is 16.5. The molecule has 5 nitrogen and oxygen atoms in total. The molecule has 2 aromatic rings. The molecule has 0 spiro atoms. The molecule has 1 aliphatic carbocycles. The van der Waals surface area contributed by atoms with Crippen LogP contribution in [0.5, 0.6) is 11.5 Å². The normalized spacial score (nSPS) is 13.4. The summed E-state index contributed by atoms with van der Waals surface area (Å²) in [5, 5.41) is 0. The first-order valence-electron chi connectivity index (χ1n) is 8.60. The number of ether oxygens (including phenoxy) is 2. The summed E-state index contributed by atoms with van der Waals surface area (Å²) in [4.78, 5) is 18.8. The maximum atomic E-state index is 12.7. The maximum absolute atomic E-state index is 12.7. The molecular weight excluding hydrogens is 316 g/mol. The topological polar surface area (TPSA) is 51.7 Å². The Morgan fingerprint density at radius 3 is 2.44 bits per heavy atom. The average molecular weight is 340 g/mol. The zero-order chi connectivity index (χ0) is 17.6. The Bertz CT molecular complexity index is 714. The van der Waals surface area contributed by atoms with Crippen LogP contribution in [0.4, 0.5) is 0 Å². The van der Waals surface area contributed by atoms with Crippen LogP contribution >= 0.6 is 0 Å². The number of nitrogens with zero attached hydrogens (tertiary/aromatic N) is 2. The van der Waals surface area contributed by atoms with Gasteiger partial charge in [-0.3, -0.25) is 9.78 Å². The summed E-state index contributed by atoms with van der Waals surface area (Å²) >= 11 is 0. The van der Waals surface area contributed by atoms with Gasteiger partial charge in [0.2, 0.25) is 5.91 Å². The van der Waals surface area contributed by atoms with Crippen molar-refractivity contribution in [2.24, 2.45) is 0 Å². The Hall–Kier alpha value is -2.56. The monoisotopic (exact) mass is 340 g/mol. The molecule has 0 atom stereocenters. The van der Waals surface area contributed by atoms with Crippen LogP contribution in [0.15, 0.2) is 42.7 Å². The third kappa shape index (κ3) is 4.50. The summed E-state index contributed by atoms with van der Waals surface area (Å²) < 4.78 is 10.6. The minimum absolute atomic E-state index is 0.203. The number of rotatable bonds is 8. The minimum atomic E-state index is 0.203. The number of carbonyl (C=O) groups is 1. The molecule has 1 fully saturated rings. The fourth-order valence-electron chi connectivity index (χ4n) is 2.92. The zero-order valence-corrected chi connectivity index (χ0v) is 14.8. The van der Waals surface area contributed by atoms with Crippen LogP contribution in [-0.2, 0) is 17.8 Å². The van der Waals surface area contributed by atoms with E-state index in [-0.39, 0.29) is 5.91 Å². The molecule has 3 rings (SSSR count). The zero-order valence-electron chi connectivity index (χ0n) is 14.8. The lowest BCUT2D eigenvalue weighted by Gasteiger charge is -2.22. The molecule has 5 heteroatoms. The van der Waals surface area contributed by atoms with Crippen LogP contribution in [-0.4, -0.2) is 36.1 Å². The lowest BCUT2D eigenvalue weighted by Crippen LogP contribution is -2.32. The van der Waals surface area contributed by atoms with E-state index in [1.807, 2.05) is 35.2 Å². The molecule has 0 N–H and O–H groups in total. The summed E-state index contributed by atoms with van der Waals surface area (Å²) in [5.74, 6) is 1.60. The van der Waals surface area contributed by atoms with Gasteiger partial charge >= 0.3 is 0 Å². The number of aromatic nitrogens is 1. The summed E-state index contributed by atoms with van der Waals surface area (Å²) in [6, 6.07) is 10.1. The Kier molecular flexibility index (Phi) is 5.53. The van der Waals surface area contributed by atoms with E-state index in [0.29, 0.717) is 36.9 Å². The molecule has 0 saturated heterocycles. The quantitative estimate of drug-likeness (QED) is 0.740. The second-order valence-corrected chi connectivity index (χ2v) is 6.30. The highest BCUT2D eigenvalue weighted by Crippen LogP contribution is 2.30. The maximum Gasteiger partial charge on any atom is 0.223 e. The average Bonchev–Trinajstić information content (AvgIpc) is 3.49. The van der Waals surface area contributed by atoms with Crippen molar-refractivity contribution in [3.05, 3.63) is 53.9 Å². The van der Waals surface area contributed by atoms with Crippen molar-refractivity contribution in [2.75, 3.05) is 14.2 Å². The summed E-state index contributed by atoms with van der Waals surface area (Å²) in [7, 11) is 3.24. The number of benzene rings is 1. The molecule has 25 heavy (non-hydrogen) atoms. The standard InChI is InChI=1S/C20H24N2O3/c1-24-18-7-3-15(13-19(18)25-2)4-8-20(23)22(17-5-6-17)14-16-9-11-21-12-10-16/h3,7,9-13,17H,4-6,8,14H2,1-2H3. The molecule has 0 aliphatic heterocycles. The van der Waals surface area contributed by atoms with Crippen molar-refractivity contribution >= 4 is 5.91 Å². The number of hydrogen-bond donors (Lipinski definition) is 0. The molecule has 1 aromatic carbocycles. The molecule has 1 aromatic heterocycles. The van der Waals surface area contributed by atoms with E-state index in [1.165, 1.54) is 0 Å². The predicted molar refractivity (Wildman–Crippen MR) is 95.7 cm³/mol. The number of amides is 1. The second kappa shape index (κ2) is 8.01. The van der Waals surface area contributed by atoms with E-state index in [4.69, 9.17) is 9.47 Å². The molecule has 0 radical (unpaired) electrons. The van der Waals surface area contributed by atoms with E-state index in [9.17, 15) is 4.79 Å². The van der Waals surface area contributed by atoms with Gasteiger partial charge in [-0.25, -0.2) is 0 Å². The Morgan fingerprint density at radius 2 is 1.80 bits per heavy atom. The smallest absolute Gasteiger partial charge is 0.223 e. The summed E-state index contributed by atoms with van der Waals surface area (Å²) in [6.07, 6.45) is 6.94. The number of hydrogen-bond acceptors (Lipinski definition) is 4. The van der Waals surface area contributed by atoms with Gasteiger partial charge in [0.05, 0.1) is 14.2 Å². The van der Waals surface area contributed by atoms with E-state index in [0.717, 1.165) is 24.0 Å². The molecule has 1 amide bonds. The summed E-state index contributed by atoms with van der Waals surface area (Å²) in [5.41, 5.74) is 2.20. The molecule has 0 unspecified atom stereocenters. The molecule has 1 aliphatic rings. The fourth-order valence-corrected chi connectivity index (χ4v) is 2.92. The first-order valence-corrected chi connectivity index (χ1v) is 8.60. The third-order valence-corrected chi connectivity index (χ3v) is 4.49. The van der Waals surface area contributed by atoms with Crippen LogP contribution in [0, 0.1) is 0 Å². The highest BCUT2D eigenvalue weighted by molar-refractivity contribution is 5.77. The van der Waals surface area contributed by atoms with E-state index in [1.54, 1.807) is 26.6 Å². The Labute approximate surface area is 148 Å². The second-order valence-electron chi connectivity index (χ2n) is 6.30.